The van der Waals surface area contributed by atoms with Crippen molar-refractivity contribution in [2.45, 2.75) is 91.1 Å². The van der Waals surface area contributed by atoms with Gasteiger partial charge in [-0.05, 0) is 85.4 Å². The Balaban J connectivity index is 1.64. The molecule has 4 aliphatic rings. The molecule has 0 aromatic carbocycles. The number of aliphatic hydroxyl groups is 1. The third-order valence-electron chi connectivity index (χ3n) is 9.65. The Kier molecular flexibility index (Phi) is 3.78. The minimum absolute atomic E-state index is 0.107. The van der Waals surface area contributed by atoms with E-state index >= 15 is 0 Å². The third kappa shape index (κ3) is 2.01. The first-order valence-corrected chi connectivity index (χ1v) is 10.5. The Bertz CT molecular complexity index is 540. The Morgan fingerprint density at radius 1 is 1.00 bits per heavy atom. The molecule has 4 aliphatic carbocycles. The van der Waals surface area contributed by atoms with Gasteiger partial charge in [-0.1, -0.05) is 27.7 Å². The third-order valence-corrected chi connectivity index (χ3v) is 9.65. The molecule has 4 fully saturated rings. The highest BCUT2D eigenvalue weighted by molar-refractivity contribution is 5.79. The van der Waals surface area contributed by atoms with Crippen molar-refractivity contribution >= 4 is 5.78 Å². The van der Waals surface area contributed by atoms with Crippen LogP contribution in [0.25, 0.3) is 0 Å². The standard InChI is InChI=1S/C22H36O2/c1-14(2)22(24)12-9-19-17-6-5-15-13-16(23)7-10-20(15,3)18(17)8-11-21(19,22)4/h14-15,17-19,24H,5-13H2,1-4H3/t15-,17?,18?,19-,20?,21?,22-/m0/s1. The lowest BCUT2D eigenvalue weighted by molar-refractivity contribution is -0.167. The predicted molar refractivity (Wildman–Crippen MR) is 96.5 cm³/mol. The van der Waals surface area contributed by atoms with Gasteiger partial charge in [-0.15, -0.1) is 0 Å². The quantitative estimate of drug-likeness (QED) is 0.735. The lowest BCUT2D eigenvalue weighted by Crippen LogP contribution is -2.57. The highest BCUT2D eigenvalue weighted by Crippen LogP contribution is 2.68. The summed E-state index contributed by atoms with van der Waals surface area (Å²) < 4.78 is 0. The molecule has 0 radical (unpaired) electrons. The van der Waals surface area contributed by atoms with Gasteiger partial charge < -0.3 is 5.11 Å². The monoisotopic (exact) mass is 332 g/mol. The molecule has 7 atom stereocenters. The van der Waals surface area contributed by atoms with Crippen molar-refractivity contribution in [3.05, 3.63) is 0 Å². The van der Waals surface area contributed by atoms with Crippen molar-refractivity contribution in [2.24, 2.45) is 40.4 Å². The van der Waals surface area contributed by atoms with Gasteiger partial charge in [-0.25, -0.2) is 0 Å². The molecular formula is C22H36O2. The van der Waals surface area contributed by atoms with E-state index in [-0.39, 0.29) is 5.41 Å². The topological polar surface area (TPSA) is 37.3 Å². The van der Waals surface area contributed by atoms with Gasteiger partial charge in [0.2, 0.25) is 0 Å². The number of fused-ring (bicyclic) bond motifs is 5. The van der Waals surface area contributed by atoms with E-state index in [0.717, 1.165) is 37.5 Å². The summed E-state index contributed by atoms with van der Waals surface area (Å²) in [6.45, 7) is 9.34. The number of carbonyl (C=O) groups excluding carboxylic acids is 1. The Hall–Kier alpha value is -0.370. The van der Waals surface area contributed by atoms with E-state index < -0.39 is 5.60 Å². The Morgan fingerprint density at radius 2 is 1.71 bits per heavy atom. The molecule has 0 amide bonds. The summed E-state index contributed by atoms with van der Waals surface area (Å²) in [5, 5.41) is 11.5. The highest BCUT2D eigenvalue weighted by atomic mass is 16.3. The summed E-state index contributed by atoms with van der Waals surface area (Å²) in [6.07, 6.45) is 9.99. The van der Waals surface area contributed by atoms with Crippen LogP contribution in [0.4, 0.5) is 0 Å². The summed E-state index contributed by atoms with van der Waals surface area (Å²) in [6, 6.07) is 0. The van der Waals surface area contributed by atoms with Gasteiger partial charge in [-0.3, -0.25) is 4.79 Å². The average molecular weight is 333 g/mol. The molecule has 2 heteroatoms. The fourth-order valence-electron chi connectivity index (χ4n) is 8.04. The number of Topliss-reactive ketones (excluding diaryl/α,β-unsaturated/α-hetero) is 1. The van der Waals surface area contributed by atoms with Gasteiger partial charge >= 0.3 is 0 Å². The van der Waals surface area contributed by atoms with E-state index in [9.17, 15) is 9.90 Å². The molecule has 0 aromatic rings. The second-order valence-corrected chi connectivity index (χ2v) is 10.5. The maximum atomic E-state index is 12.0. The van der Waals surface area contributed by atoms with E-state index in [2.05, 4.69) is 27.7 Å². The summed E-state index contributed by atoms with van der Waals surface area (Å²) >= 11 is 0. The fraction of sp³-hybridized carbons (Fsp3) is 0.955. The number of rotatable bonds is 1. The summed E-state index contributed by atoms with van der Waals surface area (Å²) in [4.78, 5) is 12.0. The smallest absolute Gasteiger partial charge is 0.133 e. The van der Waals surface area contributed by atoms with E-state index in [1.807, 2.05) is 0 Å². The molecule has 0 heterocycles. The molecule has 4 rings (SSSR count). The zero-order valence-corrected chi connectivity index (χ0v) is 16.1. The Morgan fingerprint density at radius 3 is 2.42 bits per heavy atom. The van der Waals surface area contributed by atoms with Gasteiger partial charge in [0.05, 0.1) is 5.60 Å². The van der Waals surface area contributed by atoms with Crippen LogP contribution in [0.2, 0.25) is 0 Å². The van der Waals surface area contributed by atoms with Crippen molar-refractivity contribution in [3.8, 4) is 0 Å². The summed E-state index contributed by atoms with van der Waals surface area (Å²) in [5.41, 5.74) is 0.0234. The highest BCUT2D eigenvalue weighted by Gasteiger charge is 2.65. The molecule has 2 nitrogen and oxygen atoms in total. The van der Waals surface area contributed by atoms with Crippen molar-refractivity contribution in [1.29, 1.82) is 0 Å². The maximum absolute atomic E-state index is 12.0. The largest absolute Gasteiger partial charge is 0.389 e. The number of hydrogen-bond acceptors (Lipinski definition) is 2. The van der Waals surface area contributed by atoms with Crippen LogP contribution in [0.5, 0.6) is 0 Å². The van der Waals surface area contributed by atoms with Crippen molar-refractivity contribution in [2.75, 3.05) is 0 Å². The maximum Gasteiger partial charge on any atom is 0.133 e. The number of ketones is 1. The molecule has 24 heavy (non-hydrogen) atoms. The molecule has 0 aliphatic heterocycles. The minimum atomic E-state index is -0.469. The average Bonchev–Trinajstić information content (AvgIpc) is 2.81. The summed E-state index contributed by atoms with van der Waals surface area (Å²) in [7, 11) is 0. The first-order valence-electron chi connectivity index (χ1n) is 10.5. The van der Waals surface area contributed by atoms with E-state index in [0.29, 0.717) is 29.0 Å². The molecule has 4 saturated carbocycles. The Labute approximate surface area is 147 Å². The van der Waals surface area contributed by atoms with Crippen LogP contribution in [-0.4, -0.2) is 16.5 Å². The second kappa shape index (κ2) is 5.32. The van der Waals surface area contributed by atoms with E-state index in [1.54, 1.807) is 0 Å². The normalized spacial score (nSPS) is 54.3. The first-order chi connectivity index (χ1) is 11.2. The van der Waals surface area contributed by atoms with Crippen LogP contribution in [0.3, 0.4) is 0 Å². The zero-order valence-electron chi connectivity index (χ0n) is 16.1. The number of hydrogen-bond donors (Lipinski definition) is 1. The van der Waals surface area contributed by atoms with Gasteiger partial charge in [0.15, 0.2) is 0 Å². The molecule has 4 unspecified atom stereocenters. The van der Waals surface area contributed by atoms with Crippen LogP contribution in [-0.2, 0) is 4.79 Å². The second-order valence-electron chi connectivity index (χ2n) is 10.5. The molecular weight excluding hydrogens is 296 g/mol. The molecule has 0 bridgehead atoms. The molecule has 0 saturated heterocycles. The lowest BCUT2D eigenvalue weighted by Gasteiger charge is -2.61. The van der Waals surface area contributed by atoms with Gasteiger partial charge in [0.25, 0.3) is 0 Å². The van der Waals surface area contributed by atoms with E-state index in [1.165, 1.54) is 32.1 Å². The van der Waals surface area contributed by atoms with Gasteiger partial charge in [0.1, 0.15) is 5.78 Å². The lowest BCUT2D eigenvalue weighted by atomic mass is 9.44. The van der Waals surface area contributed by atoms with Crippen LogP contribution >= 0.6 is 0 Å². The van der Waals surface area contributed by atoms with Crippen molar-refractivity contribution in [1.82, 2.24) is 0 Å². The zero-order chi connectivity index (χ0) is 17.3. The van der Waals surface area contributed by atoms with Gasteiger partial charge in [-0.2, -0.15) is 0 Å². The van der Waals surface area contributed by atoms with Crippen LogP contribution in [0.15, 0.2) is 0 Å². The molecule has 0 aromatic heterocycles. The number of carbonyl (C=O) groups is 1. The minimum Gasteiger partial charge on any atom is -0.389 e. The SMILES string of the molecule is CC(C)[C@@]1(O)CC[C@H]2C3CC[C@H]4CC(=O)CCC4(C)C3CCC21C. The van der Waals surface area contributed by atoms with Crippen LogP contribution in [0.1, 0.15) is 85.5 Å². The fourth-order valence-corrected chi connectivity index (χ4v) is 8.04. The molecule has 0 spiro atoms. The van der Waals surface area contributed by atoms with Crippen molar-refractivity contribution in [3.63, 3.8) is 0 Å². The first kappa shape index (κ1) is 17.1. The molecule has 1 N–H and O–H groups in total. The van der Waals surface area contributed by atoms with E-state index in [4.69, 9.17) is 0 Å². The summed E-state index contributed by atoms with van der Waals surface area (Å²) in [5.74, 6) is 3.76. The van der Waals surface area contributed by atoms with Gasteiger partial charge in [0, 0.05) is 12.8 Å². The van der Waals surface area contributed by atoms with Crippen LogP contribution < -0.4 is 0 Å². The van der Waals surface area contributed by atoms with Crippen LogP contribution in [0, 0.1) is 40.4 Å². The van der Waals surface area contributed by atoms with Crippen molar-refractivity contribution < 1.29 is 9.90 Å². The predicted octanol–water partition coefficient (Wildman–Crippen LogP) is 4.99. The molecule has 136 valence electrons.